The second-order valence-electron chi connectivity index (χ2n) is 7.54. The van der Waals surface area contributed by atoms with Crippen LogP contribution >= 0.6 is 0 Å². The number of rotatable bonds is 5. The average Bonchev–Trinajstić information content (AvgIpc) is 3.37. The van der Waals surface area contributed by atoms with Crippen LogP contribution in [0, 0.1) is 12.8 Å². The lowest BCUT2D eigenvalue weighted by atomic mass is 10.1. The number of nitrogens with zero attached hydrogens (tertiary/aromatic N) is 4. The molecule has 4 rings (SSSR count). The van der Waals surface area contributed by atoms with Crippen LogP contribution in [-0.4, -0.2) is 32.9 Å². The average molecular weight is 443 g/mol. The number of pyridine rings is 1. The zero-order valence-electron chi connectivity index (χ0n) is 17.1. The molecule has 2 aromatic heterocycles. The zero-order chi connectivity index (χ0) is 22.9. The highest BCUT2D eigenvalue weighted by Gasteiger charge is 2.36. The molecule has 1 aliphatic rings. The van der Waals surface area contributed by atoms with E-state index < -0.39 is 17.7 Å². The van der Waals surface area contributed by atoms with Gasteiger partial charge in [0, 0.05) is 43.8 Å². The lowest BCUT2D eigenvalue weighted by Gasteiger charge is -2.18. The number of hydrogen-bond acceptors (Lipinski definition) is 4. The number of amides is 2. The minimum absolute atomic E-state index is 0.0296. The first-order valence-electron chi connectivity index (χ1n) is 9.93. The van der Waals surface area contributed by atoms with Gasteiger partial charge in [0.1, 0.15) is 11.6 Å². The van der Waals surface area contributed by atoms with Crippen molar-refractivity contribution in [1.29, 1.82) is 0 Å². The maximum atomic E-state index is 13.0. The van der Waals surface area contributed by atoms with E-state index in [-0.39, 0.29) is 37.0 Å². The first-order chi connectivity index (χ1) is 15.2. The number of carbonyl (C=O) groups is 2. The van der Waals surface area contributed by atoms with Gasteiger partial charge in [-0.25, -0.2) is 9.97 Å². The fourth-order valence-corrected chi connectivity index (χ4v) is 3.64. The van der Waals surface area contributed by atoms with Gasteiger partial charge in [0.2, 0.25) is 11.8 Å². The lowest BCUT2D eigenvalue weighted by molar-refractivity contribution is -0.137. The number of aromatic nitrogens is 3. The molecule has 1 saturated heterocycles. The van der Waals surface area contributed by atoms with Crippen molar-refractivity contribution in [2.75, 3.05) is 11.4 Å². The third kappa shape index (κ3) is 4.48. The first-order valence-corrected chi connectivity index (χ1v) is 9.93. The van der Waals surface area contributed by atoms with Crippen molar-refractivity contribution in [1.82, 2.24) is 19.9 Å². The Morgan fingerprint density at radius 3 is 2.72 bits per heavy atom. The molecule has 0 spiro atoms. The van der Waals surface area contributed by atoms with E-state index in [9.17, 15) is 22.8 Å². The topological polar surface area (TPSA) is 80.1 Å². The van der Waals surface area contributed by atoms with Crippen LogP contribution in [0.25, 0.3) is 5.82 Å². The highest BCUT2D eigenvalue weighted by Crippen LogP contribution is 2.33. The van der Waals surface area contributed by atoms with Crippen LogP contribution in [-0.2, 0) is 22.3 Å². The van der Waals surface area contributed by atoms with E-state index >= 15 is 0 Å². The molecule has 0 saturated carbocycles. The Morgan fingerprint density at radius 2 is 2.00 bits per heavy atom. The number of alkyl halides is 3. The highest BCUT2D eigenvalue weighted by molar-refractivity contribution is 6.00. The molecule has 2 amide bonds. The number of imidazole rings is 1. The maximum Gasteiger partial charge on any atom is 0.416 e. The summed E-state index contributed by atoms with van der Waals surface area (Å²) in [5, 5.41) is 2.81. The fraction of sp³-hybridized carbons (Fsp3) is 0.273. The van der Waals surface area contributed by atoms with E-state index in [0.29, 0.717) is 5.82 Å². The van der Waals surface area contributed by atoms with Crippen LogP contribution in [0.2, 0.25) is 0 Å². The highest BCUT2D eigenvalue weighted by atomic mass is 19.4. The van der Waals surface area contributed by atoms with Gasteiger partial charge in [-0.05, 0) is 42.8 Å². The number of hydrogen-bond donors (Lipinski definition) is 1. The lowest BCUT2D eigenvalue weighted by Crippen LogP contribution is -2.32. The molecule has 1 aliphatic heterocycles. The standard InChI is InChI=1S/C22H20F3N5O2/c1-14-26-7-8-29(14)19-9-15(5-6-27-19)12-28-21(32)16-10-20(31)30(13-16)18-4-2-3-17(11-18)22(23,24)25/h2-9,11,16H,10,12-13H2,1H3,(H,28,32). The van der Waals surface area contributed by atoms with Gasteiger partial charge in [0.05, 0.1) is 11.5 Å². The van der Waals surface area contributed by atoms with Crippen LogP contribution < -0.4 is 10.2 Å². The predicted molar refractivity (Wildman–Crippen MR) is 110 cm³/mol. The predicted octanol–water partition coefficient (Wildman–Crippen LogP) is 3.26. The summed E-state index contributed by atoms with van der Waals surface area (Å²) >= 11 is 0. The van der Waals surface area contributed by atoms with Gasteiger partial charge in [-0.15, -0.1) is 0 Å². The molecule has 1 fully saturated rings. The van der Waals surface area contributed by atoms with Crippen molar-refractivity contribution in [3.05, 3.63) is 71.9 Å². The summed E-state index contributed by atoms with van der Waals surface area (Å²) in [5.74, 6) is 0.0850. The summed E-state index contributed by atoms with van der Waals surface area (Å²) in [6, 6.07) is 8.15. The van der Waals surface area contributed by atoms with Gasteiger partial charge in [-0.1, -0.05) is 6.07 Å². The second-order valence-corrected chi connectivity index (χ2v) is 7.54. The van der Waals surface area contributed by atoms with Crippen LogP contribution in [0.4, 0.5) is 18.9 Å². The fourth-order valence-electron chi connectivity index (χ4n) is 3.64. The summed E-state index contributed by atoms with van der Waals surface area (Å²) < 4.78 is 40.8. The molecule has 0 radical (unpaired) electrons. The Hall–Kier alpha value is -3.69. The largest absolute Gasteiger partial charge is 0.416 e. The van der Waals surface area contributed by atoms with Crippen LogP contribution in [0.5, 0.6) is 0 Å². The molecule has 10 heteroatoms. The Labute approximate surface area is 181 Å². The maximum absolute atomic E-state index is 13.0. The first kappa shape index (κ1) is 21.5. The second kappa shape index (κ2) is 8.45. The number of nitrogens with one attached hydrogen (secondary N) is 1. The molecular formula is C22H20F3N5O2. The van der Waals surface area contributed by atoms with Crippen molar-refractivity contribution in [2.45, 2.75) is 26.1 Å². The van der Waals surface area contributed by atoms with Crippen molar-refractivity contribution in [2.24, 2.45) is 5.92 Å². The van der Waals surface area contributed by atoms with Crippen molar-refractivity contribution < 1.29 is 22.8 Å². The Bertz CT molecular complexity index is 1160. The number of halogens is 3. The van der Waals surface area contributed by atoms with Crippen LogP contribution in [0.15, 0.2) is 55.0 Å². The van der Waals surface area contributed by atoms with Crippen LogP contribution in [0.3, 0.4) is 0 Å². The van der Waals surface area contributed by atoms with Gasteiger partial charge in [0.25, 0.3) is 0 Å². The summed E-state index contributed by atoms with van der Waals surface area (Å²) in [6.07, 6.45) is 0.516. The van der Waals surface area contributed by atoms with Gasteiger partial charge >= 0.3 is 6.18 Å². The van der Waals surface area contributed by atoms with E-state index in [2.05, 4.69) is 15.3 Å². The van der Waals surface area contributed by atoms with E-state index in [1.165, 1.54) is 17.0 Å². The molecule has 1 aromatic carbocycles. The number of aryl methyl sites for hydroxylation is 1. The molecule has 1 unspecified atom stereocenters. The molecule has 3 heterocycles. The van der Waals surface area contributed by atoms with Crippen molar-refractivity contribution in [3.8, 4) is 5.82 Å². The van der Waals surface area contributed by atoms with Crippen LogP contribution in [0.1, 0.15) is 23.4 Å². The Kier molecular flexibility index (Phi) is 5.68. The van der Waals surface area contributed by atoms with Gasteiger partial charge in [0.15, 0.2) is 0 Å². The Balaban J connectivity index is 1.40. The minimum Gasteiger partial charge on any atom is -0.352 e. The molecule has 1 atom stereocenters. The summed E-state index contributed by atoms with van der Waals surface area (Å²) in [4.78, 5) is 34.7. The molecule has 32 heavy (non-hydrogen) atoms. The molecule has 166 valence electrons. The van der Waals surface area contributed by atoms with E-state index in [4.69, 9.17) is 0 Å². The number of carbonyl (C=O) groups excluding carboxylic acids is 2. The zero-order valence-corrected chi connectivity index (χ0v) is 17.1. The van der Waals surface area contributed by atoms with E-state index in [0.717, 1.165) is 23.5 Å². The normalized spacial score (nSPS) is 16.4. The van der Waals surface area contributed by atoms with Crippen molar-refractivity contribution >= 4 is 17.5 Å². The molecule has 3 aromatic rings. The summed E-state index contributed by atoms with van der Waals surface area (Å²) in [6.45, 7) is 2.11. The summed E-state index contributed by atoms with van der Waals surface area (Å²) in [5.41, 5.74) is 0.113. The quantitative estimate of drug-likeness (QED) is 0.657. The molecule has 0 aliphatic carbocycles. The van der Waals surface area contributed by atoms with Gasteiger partial charge < -0.3 is 10.2 Å². The SMILES string of the molecule is Cc1nccn1-c1cc(CNC(=O)C2CC(=O)N(c3cccc(C(F)(F)F)c3)C2)ccn1. The molecular weight excluding hydrogens is 423 g/mol. The molecule has 1 N–H and O–H groups in total. The monoisotopic (exact) mass is 443 g/mol. The van der Waals surface area contributed by atoms with Gasteiger partial charge in [-0.3, -0.25) is 14.2 Å². The summed E-state index contributed by atoms with van der Waals surface area (Å²) in [7, 11) is 0. The third-order valence-corrected chi connectivity index (χ3v) is 5.33. The molecule has 7 nitrogen and oxygen atoms in total. The van der Waals surface area contributed by atoms with Gasteiger partial charge in [-0.2, -0.15) is 13.2 Å². The number of benzene rings is 1. The minimum atomic E-state index is -4.51. The van der Waals surface area contributed by atoms with E-state index in [1.807, 2.05) is 17.6 Å². The molecule has 0 bridgehead atoms. The number of anilines is 1. The third-order valence-electron chi connectivity index (χ3n) is 5.33. The van der Waals surface area contributed by atoms with E-state index in [1.54, 1.807) is 24.7 Å². The smallest absolute Gasteiger partial charge is 0.352 e. The van der Waals surface area contributed by atoms with Crippen molar-refractivity contribution in [3.63, 3.8) is 0 Å². The Morgan fingerprint density at radius 1 is 1.19 bits per heavy atom.